The van der Waals surface area contributed by atoms with Gasteiger partial charge in [0.05, 0.1) is 25.7 Å². The number of nitrogens with one attached hydrogen (secondary N) is 5. The van der Waals surface area contributed by atoms with Gasteiger partial charge in [0.15, 0.2) is 5.43 Å². The fourth-order valence-electron chi connectivity index (χ4n) is 5.33. The van der Waals surface area contributed by atoms with Crippen LogP contribution >= 0.6 is 0 Å². The van der Waals surface area contributed by atoms with E-state index in [0.717, 1.165) is 30.2 Å². The predicted molar refractivity (Wildman–Crippen MR) is 212 cm³/mol. The van der Waals surface area contributed by atoms with E-state index in [0.29, 0.717) is 36.3 Å². The Bertz CT molecular complexity index is 1790. The van der Waals surface area contributed by atoms with Gasteiger partial charge in [0.25, 0.3) is 5.91 Å². The third-order valence-corrected chi connectivity index (χ3v) is 8.52. The summed E-state index contributed by atoms with van der Waals surface area (Å²) in [6.45, 7) is 14.0. The Balaban J connectivity index is 0.000000253. The first-order chi connectivity index (χ1) is 26.0. The molecule has 15 nitrogen and oxygen atoms in total. The summed E-state index contributed by atoms with van der Waals surface area (Å²) in [6, 6.07) is 7.54. The van der Waals surface area contributed by atoms with Gasteiger partial charge in [0, 0.05) is 48.0 Å². The van der Waals surface area contributed by atoms with Crippen LogP contribution in [-0.4, -0.2) is 93.6 Å². The van der Waals surface area contributed by atoms with Crippen molar-refractivity contribution in [2.45, 2.75) is 111 Å². The molecule has 3 aromatic rings. The average molecular weight is 765 g/mol. The van der Waals surface area contributed by atoms with Gasteiger partial charge in [0.1, 0.15) is 17.6 Å². The Kier molecular flexibility index (Phi) is 16.9. The van der Waals surface area contributed by atoms with Crippen LogP contribution < -0.4 is 31.4 Å². The van der Waals surface area contributed by atoms with E-state index in [1.807, 2.05) is 20.8 Å². The minimum atomic E-state index is -0.711. The van der Waals surface area contributed by atoms with Crippen LogP contribution in [0.4, 0.5) is 4.79 Å². The molecule has 0 radical (unpaired) electrons. The first-order valence-corrected chi connectivity index (χ1v) is 19.1. The van der Waals surface area contributed by atoms with Gasteiger partial charge in [-0.25, -0.2) is 9.48 Å². The number of aromatic amines is 1. The van der Waals surface area contributed by atoms with Crippen LogP contribution in [0.5, 0.6) is 5.75 Å². The molecule has 5 N–H and O–H groups in total. The van der Waals surface area contributed by atoms with Crippen molar-refractivity contribution >= 4 is 40.4 Å². The minimum Gasteiger partial charge on any atom is -0.497 e. The molecule has 6 rings (SSSR count). The Morgan fingerprint density at radius 2 is 1.64 bits per heavy atom. The van der Waals surface area contributed by atoms with E-state index in [4.69, 9.17) is 4.74 Å². The van der Waals surface area contributed by atoms with Gasteiger partial charge in [0.2, 0.25) is 17.6 Å². The molecule has 0 spiro atoms. The maximum absolute atomic E-state index is 12.4. The fourth-order valence-corrected chi connectivity index (χ4v) is 5.33. The zero-order valence-electron chi connectivity index (χ0n) is 33.6. The highest BCUT2D eigenvalue weighted by Gasteiger charge is 2.35. The van der Waals surface area contributed by atoms with Gasteiger partial charge in [-0.1, -0.05) is 47.0 Å². The van der Waals surface area contributed by atoms with Gasteiger partial charge < -0.3 is 35.9 Å². The van der Waals surface area contributed by atoms with Crippen LogP contribution in [0.25, 0.3) is 16.7 Å². The molecule has 1 aliphatic heterocycles. The van der Waals surface area contributed by atoms with Crippen LogP contribution in [0, 0.1) is 11.8 Å². The van der Waals surface area contributed by atoms with E-state index in [9.17, 15) is 28.8 Å². The third-order valence-electron chi connectivity index (χ3n) is 8.52. The van der Waals surface area contributed by atoms with E-state index in [1.54, 1.807) is 48.5 Å². The number of benzene rings is 1. The highest BCUT2D eigenvalue weighted by Crippen LogP contribution is 2.24. The summed E-state index contributed by atoms with van der Waals surface area (Å²) in [5.74, 6) is 0.974. The molecule has 1 saturated heterocycles. The zero-order chi connectivity index (χ0) is 40.7. The summed E-state index contributed by atoms with van der Waals surface area (Å²) in [4.78, 5) is 76.4. The quantitative estimate of drug-likeness (QED) is 0.200. The average Bonchev–Trinajstić information content (AvgIpc) is 3.52. The summed E-state index contributed by atoms with van der Waals surface area (Å²) >= 11 is 0. The molecule has 3 heterocycles. The number of amides is 5. The number of likely N-dealkylation sites (tertiary alicyclic amines) is 1. The topological polar surface area (TPSA) is 197 Å². The van der Waals surface area contributed by atoms with Crippen molar-refractivity contribution in [2.75, 3.05) is 26.7 Å². The third kappa shape index (κ3) is 15.6. The van der Waals surface area contributed by atoms with Crippen molar-refractivity contribution in [1.29, 1.82) is 0 Å². The van der Waals surface area contributed by atoms with E-state index >= 15 is 0 Å². The maximum Gasteiger partial charge on any atom is 0.315 e. The molecule has 55 heavy (non-hydrogen) atoms. The molecule has 2 aliphatic carbocycles. The molecular formula is C40H60N8O7. The first kappa shape index (κ1) is 44.2. The molecular weight excluding hydrogens is 704 g/mol. The summed E-state index contributed by atoms with van der Waals surface area (Å²) in [6.07, 6.45) is 10.7. The zero-order valence-corrected chi connectivity index (χ0v) is 33.6. The van der Waals surface area contributed by atoms with Crippen molar-refractivity contribution in [3.8, 4) is 11.6 Å². The number of methoxy groups -OCH3 is 1. The van der Waals surface area contributed by atoms with Gasteiger partial charge in [-0.2, -0.15) is 5.10 Å². The molecule has 3 aliphatic rings. The Labute approximate surface area is 323 Å². The minimum absolute atomic E-state index is 0.0445. The number of nitrogens with zero attached hydrogens (tertiary/aromatic N) is 3. The van der Waals surface area contributed by atoms with Gasteiger partial charge >= 0.3 is 6.03 Å². The number of urea groups is 1. The number of Topliss-reactive ketones (excluding diaryl/α,β-unsaturated/α-hetero) is 1. The smallest absolute Gasteiger partial charge is 0.315 e. The summed E-state index contributed by atoms with van der Waals surface area (Å²) in [5.41, 5.74) is 0.255. The largest absolute Gasteiger partial charge is 0.497 e. The Hall–Kier alpha value is -5.21. The molecule has 0 bridgehead atoms. The van der Waals surface area contributed by atoms with Crippen LogP contribution in [-0.2, 0) is 19.2 Å². The van der Waals surface area contributed by atoms with Gasteiger partial charge in [-0.3, -0.25) is 24.0 Å². The summed E-state index contributed by atoms with van der Waals surface area (Å²) in [5, 5.41) is 14.9. The van der Waals surface area contributed by atoms with Gasteiger partial charge in [-0.15, -0.1) is 0 Å². The number of hydrogen-bond donors (Lipinski definition) is 5. The van der Waals surface area contributed by atoms with Crippen LogP contribution in [0.1, 0.15) is 93.4 Å². The number of hydrogen-bond acceptors (Lipinski definition) is 8. The lowest BCUT2D eigenvalue weighted by molar-refractivity contribution is -0.140. The highest BCUT2D eigenvalue weighted by molar-refractivity contribution is 6.37. The van der Waals surface area contributed by atoms with Crippen LogP contribution in [0.2, 0.25) is 0 Å². The molecule has 15 heteroatoms. The molecule has 5 amide bonds. The number of ketones is 1. The van der Waals surface area contributed by atoms with Crippen molar-refractivity contribution in [1.82, 2.24) is 40.9 Å². The Morgan fingerprint density at radius 1 is 0.964 bits per heavy atom. The normalized spacial score (nSPS) is 16.2. The molecule has 3 fully saturated rings. The molecule has 2 saturated carbocycles. The number of fused-ring (bicyclic) bond motifs is 1. The highest BCUT2D eigenvalue weighted by atomic mass is 16.5. The Morgan fingerprint density at radius 3 is 2.18 bits per heavy atom. The second kappa shape index (κ2) is 21.0. The van der Waals surface area contributed by atoms with Crippen molar-refractivity contribution in [2.24, 2.45) is 11.8 Å². The SMILES string of the molecule is CC(C)(C)NC(=O)NCC(=O)N1CCC[C@H]1C(=O)NCC(=O)C(=O)NC1CC1.CC(C)C.CC1CCC1.COc1ccc2c(=O)cc(-n3cccn3)[nH]c2c1. The fraction of sp³-hybridized carbons (Fsp3) is 0.575. The number of ether oxygens (including phenoxy) is 1. The first-order valence-electron chi connectivity index (χ1n) is 19.1. The summed E-state index contributed by atoms with van der Waals surface area (Å²) < 4.78 is 6.76. The van der Waals surface area contributed by atoms with E-state index in [1.165, 1.54) is 30.2 Å². The molecule has 302 valence electrons. The number of rotatable bonds is 9. The second-order valence-corrected chi connectivity index (χ2v) is 15.8. The number of pyridine rings is 1. The lowest BCUT2D eigenvalue weighted by Crippen LogP contribution is -2.52. The second-order valence-electron chi connectivity index (χ2n) is 15.8. The number of H-pyrrole nitrogens is 1. The number of carbonyl (C=O) groups excluding carboxylic acids is 5. The van der Waals surface area contributed by atoms with E-state index in [2.05, 4.69) is 59.0 Å². The lowest BCUT2D eigenvalue weighted by Gasteiger charge is -2.25. The van der Waals surface area contributed by atoms with E-state index in [-0.39, 0.29) is 23.9 Å². The van der Waals surface area contributed by atoms with Crippen LogP contribution in [0.3, 0.4) is 0 Å². The number of carbonyl (C=O) groups is 5. The van der Waals surface area contributed by atoms with Crippen molar-refractivity contribution in [3.05, 3.63) is 52.9 Å². The molecule has 0 unspecified atom stereocenters. The van der Waals surface area contributed by atoms with Gasteiger partial charge in [-0.05, 0) is 76.5 Å². The van der Waals surface area contributed by atoms with Crippen molar-refractivity contribution in [3.63, 3.8) is 0 Å². The summed E-state index contributed by atoms with van der Waals surface area (Å²) in [7, 11) is 1.59. The standard InChI is InChI=1S/C18H29N5O5.C13H11N3O2.C5H10.C4H10/c1-18(2,3)22-17(28)20-10-14(25)23-8-4-5-12(23)15(26)19-9-13(24)16(27)21-11-6-7-11;1-18-9-3-4-10-11(7-9)15-13(8-12(10)17)16-6-2-5-14-16;1-5-3-2-4-5;1-4(2)3/h11-12H,4-10H2,1-3H3,(H,19,26)(H,21,27)(H2,20,22,28);2-8H,1H3,(H,15,17);5H,2-4H2,1H3;4H,1-3H3/t12-;;;/m0.../s1. The molecule has 1 aromatic carbocycles. The van der Waals surface area contributed by atoms with E-state index < -0.39 is 41.8 Å². The number of aromatic nitrogens is 3. The predicted octanol–water partition coefficient (Wildman–Crippen LogP) is 4.23. The monoisotopic (exact) mass is 764 g/mol. The molecule has 2 aromatic heterocycles. The van der Waals surface area contributed by atoms with Crippen molar-refractivity contribution < 1.29 is 28.7 Å². The molecule has 1 atom stereocenters. The van der Waals surface area contributed by atoms with Crippen LogP contribution in [0.15, 0.2) is 47.5 Å². The maximum atomic E-state index is 12.4. The lowest BCUT2D eigenvalue weighted by atomic mass is 9.88.